The zero-order valence-electron chi connectivity index (χ0n) is 11.4. The van der Waals surface area contributed by atoms with E-state index >= 15 is 0 Å². The summed E-state index contributed by atoms with van der Waals surface area (Å²) in [5.41, 5.74) is 9.05. The van der Waals surface area contributed by atoms with Crippen LogP contribution in [0.2, 0.25) is 0 Å². The van der Waals surface area contributed by atoms with Crippen LogP contribution < -0.4 is 11.1 Å². The van der Waals surface area contributed by atoms with E-state index in [0.717, 1.165) is 17.7 Å². The Labute approximate surface area is 111 Å². The van der Waals surface area contributed by atoms with Crippen LogP contribution >= 0.6 is 0 Å². The molecule has 1 rings (SSSR count). The molecule has 0 heterocycles. The molecule has 1 atom stereocenters. The number of rotatable bonds is 7. The van der Waals surface area contributed by atoms with Gasteiger partial charge in [-0.2, -0.15) is 0 Å². The third-order valence-electron chi connectivity index (χ3n) is 3.18. The fraction of sp³-hybridized carbons (Fsp3) is 0.375. The van der Waals surface area contributed by atoms with E-state index in [4.69, 9.17) is 5.73 Å². The van der Waals surface area contributed by atoms with E-state index in [2.05, 4.69) is 56.1 Å². The van der Waals surface area contributed by atoms with Gasteiger partial charge in [0.05, 0.1) is 0 Å². The van der Waals surface area contributed by atoms with Crippen molar-refractivity contribution in [1.29, 1.82) is 0 Å². The number of hydrogen-bond acceptors (Lipinski definition) is 2. The highest BCUT2D eigenvalue weighted by molar-refractivity contribution is 5.64. The van der Waals surface area contributed by atoms with Crippen molar-refractivity contribution < 1.29 is 0 Å². The summed E-state index contributed by atoms with van der Waals surface area (Å²) in [7, 11) is 0. The molecular formula is C16H24N2. The summed E-state index contributed by atoms with van der Waals surface area (Å²) in [5, 5.41) is 3.21. The molecule has 98 valence electrons. The van der Waals surface area contributed by atoms with Crippen molar-refractivity contribution >= 4 is 5.70 Å². The first-order chi connectivity index (χ1) is 8.71. The van der Waals surface area contributed by atoms with E-state index in [-0.39, 0.29) is 0 Å². The van der Waals surface area contributed by atoms with Crippen molar-refractivity contribution in [2.45, 2.75) is 33.2 Å². The van der Waals surface area contributed by atoms with Crippen LogP contribution in [0.25, 0.3) is 5.70 Å². The smallest absolute Gasteiger partial charge is 0.0412 e. The van der Waals surface area contributed by atoms with E-state index in [1.807, 2.05) is 0 Å². The van der Waals surface area contributed by atoms with Crippen LogP contribution in [-0.2, 0) is 6.54 Å². The Morgan fingerprint density at radius 3 is 2.56 bits per heavy atom. The highest BCUT2D eigenvalue weighted by atomic mass is 14.8. The Hall–Kier alpha value is -1.54. The Kier molecular flexibility index (Phi) is 6.23. The molecule has 2 nitrogen and oxygen atoms in total. The molecule has 0 aromatic heterocycles. The van der Waals surface area contributed by atoms with Crippen molar-refractivity contribution in [1.82, 2.24) is 5.32 Å². The van der Waals surface area contributed by atoms with Crippen LogP contribution in [0.5, 0.6) is 0 Å². The second kappa shape index (κ2) is 7.72. The van der Waals surface area contributed by atoms with E-state index in [9.17, 15) is 0 Å². The first-order valence-electron chi connectivity index (χ1n) is 6.58. The average molecular weight is 244 g/mol. The fourth-order valence-electron chi connectivity index (χ4n) is 1.68. The normalized spacial score (nSPS) is 13.2. The van der Waals surface area contributed by atoms with Crippen LogP contribution in [0.3, 0.4) is 0 Å². The van der Waals surface area contributed by atoms with Crippen molar-refractivity contribution in [2.75, 3.05) is 0 Å². The van der Waals surface area contributed by atoms with Crippen LogP contribution in [0.1, 0.15) is 37.8 Å². The molecular weight excluding hydrogens is 220 g/mol. The van der Waals surface area contributed by atoms with Crippen LogP contribution in [0, 0.1) is 5.92 Å². The summed E-state index contributed by atoms with van der Waals surface area (Å²) in [4.78, 5) is 0. The van der Waals surface area contributed by atoms with E-state index in [0.29, 0.717) is 12.5 Å². The lowest BCUT2D eigenvalue weighted by molar-refractivity contribution is 0.572. The van der Waals surface area contributed by atoms with Gasteiger partial charge in [0, 0.05) is 12.2 Å². The monoisotopic (exact) mass is 244 g/mol. The zero-order valence-corrected chi connectivity index (χ0v) is 11.4. The number of nitrogens with two attached hydrogens (primary N) is 1. The van der Waals surface area contributed by atoms with Gasteiger partial charge in [0.2, 0.25) is 0 Å². The standard InChI is InChI=1S/C16H24N2/c1-4-13(3)6-11-16(18-5-2)15-9-7-14(12-17)8-10-15/h5,7-11,13,18H,2,4,6,12,17H2,1,3H3/b16-11+. The number of allylic oxidation sites excluding steroid dienone is 1. The minimum absolute atomic E-state index is 0.584. The van der Waals surface area contributed by atoms with E-state index in [1.165, 1.54) is 12.0 Å². The number of benzene rings is 1. The Bertz CT molecular complexity index is 390. The minimum atomic E-state index is 0.584. The van der Waals surface area contributed by atoms with Crippen LogP contribution in [0.4, 0.5) is 0 Å². The molecule has 18 heavy (non-hydrogen) atoms. The molecule has 0 spiro atoms. The molecule has 0 saturated carbocycles. The van der Waals surface area contributed by atoms with Crippen molar-refractivity contribution in [2.24, 2.45) is 11.7 Å². The predicted molar refractivity (Wildman–Crippen MR) is 79.7 cm³/mol. The SMILES string of the molecule is C=CN/C(=C/CC(C)CC)c1ccc(CN)cc1. The fourth-order valence-corrected chi connectivity index (χ4v) is 1.68. The van der Waals surface area contributed by atoms with Crippen molar-refractivity contribution in [3.05, 3.63) is 54.2 Å². The Morgan fingerprint density at radius 2 is 2.06 bits per heavy atom. The molecule has 0 radical (unpaired) electrons. The molecule has 1 unspecified atom stereocenters. The van der Waals surface area contributed by atoms with Gasteiger partial charge in [-0.1, -0.05) is 57.2 Å². The Morgan fingerprint density at radius 1 is 1.39 bits per heavy atom. The lowest BCUT2D eigenvalue weighted by Crippen LogP contribution is -2.05. The molecule has 2 heteroatoms. The van der Waals surface area contributed by atoms with Crippen molar-refractivity contribution in [3.8, 4) is 0 Å². The van der Waals surface area contributed by atoms with Crippen molar-refractivity contribution in [3.63, 3.8) is 0 Å². The molecule has 0 aliphatic carbocycles. The molecule has 0 aliphatic heterocycles. The zero-order chi connectivity index (χ0) is 13.4. The van der Waals surface area contributed by atoms with Gasteiger partial charge in [-0.15, -0.1) is 0 Å². The average Bonchev–Trinajstić information content (AvgIpc) is 2.43. The molecule has 1 aromatic carbocycles. The maximum Gasteiger partial charge on any atom is 0.0412 e. The quantitative estimate of drug-likeness (QED) is 0.768. The third kappa shape index (κ3) is 4.38. The second-order valence-corrected chi connectivity index (χ2v) is 4.62. The molecule has 0 aliphatic rings. The summed E-state index contributed by atoms with van der Waals surface area (Å²) in [6, 6.07) is 8.33. The number of nitrogens with one attached hydrogen (secondary N) is 1. The molecule has 0 fully saturated rings. The molecule has 1 aromatic rings. The van der Waals surface area contributed by atoms with E-state index < -0.39 is 0 Å². The number of hydrogen-bond donors (Lipinski definition) is 2. The maximum atomic E-state index is 5.60. The Balaban J connectivity index is 2.85. The van der Waals surface area contributed by atoms with Crippen LogP contribution in [-0.4, -0.2) is 0 Å². The summed E-state index contributed by atoms with van der Waals surface area (Å²) in [6.45, 7) is 8.80. The lowest BCUT2D eigenvalue weighted by Gasteiger charge is -2.10. The highest BCUT2D eigenvalue weighted by Crippen LogP contribution is 2.16. The maximum absolute atomic E-state index is 5.60. The lowest BCUT2D eigenvalue weighted by atomic mass is 10.0. The summed E-state index contributed by atoms with van der Waals surface area (Å²) >= 11 is 0. The van der Waals surface area contributed by atoms with Gasteiger partial charge < -0.3 is 11.1 Å². The molecule has 3 N–H and O–H groups in total. The van der Waals surface area contributed by atoms with Gasteiger partial charge in [-0.3, -0.25) is 0 Å². The third-order valence-corrected chi connectivity index (χ3v) is 3.18. The van der Waals surface area contributed by atoms with Gasteiger partial charge in [-0.25, -0.2) is 0 Å². The van der Waals surface area contributed by atoms with Gasteiger partial charge >= 0.3 is 0 Å². The van der Waals surface area contributed by atoms with Gasteiger partial charge in [0.25, 0.3) is 0 Å². The summed E-state index contributed by atoms with van der Waals surface area (Å²) in [5.74, 6) is 0.704. The van der Waals surface area contributed by atoms with Gasteiger partial charge in [0.15, 0.2) is 0 Å². The first kappa shape index (κ1) is 14.5. The van der Waals surface area contributed by atoms with Gasteiger partial charge in [0.1, 0.15) is 0 Å². The highest BCUT2D eigenvalue weighted by Gasteiger charge is 2.02. The van der Waals surface area contributed by atoms with E-state index in [1.54, 1.807) is 6.20 Å². The van der Waals surface area contributed by atoms with Gasteiger partial charge in [-0.05, 0) is 29.7 Å². The molecule has 0 amide bonds. The minimum Gasteiger partial charge on any atom is -0.362 e. The summed E-state index contributed by atoms with van der Waals surface area (Å²) < 4.78 is 0. The predicted octanol–water partition coefficient (Wildman–Crippen LogP) is 3.66. The molecule has 0 bridgehead atoms. The topological polar surface area (TPSA) is 38.0 Å². The summed E-state index contributed by atoms with van der Waals surface area (Å²) in [6.07, 6.45) is 6.24. The first-order valence-corrected chi connectivity index (χ1v) is 6.58. The second-order valence-electron chi connectivity index (χ2n) is 4.62. The molecule has 0 saturated heterocycles. The van der Waals surface area contributed by atoms with Crippen LogP contribution in [0.15, 0.2) is 43.1 Å². The largest absolute Gasteiger partial charge is 0.362 e.